The molecule has 1 aromatic heterocycles. The number of rotatable bonds is 20. The van der Waals surface area contributed by atoms with Gasteiger partial charge < -0.3 is 24.9 Å². The third kappa shape index (κ3) is 10.9. The molecule has 2 amide bonds. The van der Waals surface area contributed by atoms with E-state index in [9.17, 15) is 19.2 Å². The number of carbonyl (C=O) groups is 4. The number of hydrogen-bond donors (Lipinski definition) is 2. The zero-order valence-electron chi connectivity index (χ0n) is 38.2. The fourth-order valence-electron chi connectivity index (χ4n) is 8.32. The second-order valence-corrected chi connectivity index (χ2v) is 19.3. The number of carbonyl (C=O) groups excluding carboxylic acids is 4. The van der Waals surface area contributed by atoms with E-state index in [2.05, 4.69) is 22.4 Å². The number of oxime groups is 1. The van der Waals surface area contributed by atoms with E-state index < -0.39 is 53.4 Å². The monoisotopic (exact) mass is 997 g/mol. The summed E-state index contributed by atoms with van der Waals surface area (Å²) in [5.74, 6) is -1.82. The summed E-state index contributed by atoms with van der Waals surface area (Å²) in [6, 6.07) is 56.9. The van der Waals surface area contributed by atoms with Gasteiger partial charge in [-0.05, 0) is 33.4 Å². The number of fused-ring (bicyclic) bond motifs is 1. The lowest BCUT2D eigenvalue weighted by atomic mass is 9.77. The van der Waals surface area contributed by atoms with Crippen LogP contribution in [0.15, 0.2) is 216 Å². The number of anilines is 1. The van der Waals surface area contributed by atoms with Crippen molar-refractivity contribution < 1.29 is 33.5 Å². The number of nitrogens with zero attached hydrogens (tertiary/aromatic N) is 3. The lowest BCUT2D eigenvalue weighted by Crippen LogP contribution is -2.71. The average Bonchev–Trinajstić information content (AvgIpc) is 3.89. The van der Waals surface area contributed by atoms with E-state index in [0.29, 0.717) is 21.5 Å². The summed E-state index contributed by atoms with van der Waals surface area (Å²) in [5, 5.41) is 12.2. The molecule has 2 atom stereocenters. The normalized spacial score (nSPS) is 15.5. The zero-order valence-corrected chi connectivity index (χ0v) is 40.6. The van der Waals surface area contributed by atoms with Crippen LogP contribution in [-0.4, -0.2) is 68.9 Å². The molecular formula is C56H47N5O7S3. The van der Waals surface area contributed by atoms with E-state index in [1.54, 1.807) is 11.5 Å². The largest absolute Gasteiger partial charge is 0.458 e. The van der Waals surface area contributed by atoms with Crippen molar-refractivity contribution in [3.63, 3.8) is 0 Å². The van der Waals surface area contributed by atoms with Gasteiger partial charge in [-0.1, -0.05) is 193 Å². The Labute approximate surface area is 423 Å². The molecule has 3 heterocycles. The Morgan fingerprint density at radius 1 is 0.789 bits per heavy atom. The molecule has 356 valence electrons. The molecule has 12 nitrogen and oxygen atoms in total. The SMILES string of the molecule is C=CCSC1=C(C(=O)OC(c2ccccc2)c2ccccc2)N2C(=O)[C@@H](NC(=O)/C(=N\OCC(=O)OCc3ccccc3)c3csc(NC(c4ccccc4)(c4ccccc4)c4ccccc4)n3)[C@H]2SC1. The average molecular weight is 998 g/mol. The fraction of sp³-hybridized carbons (Fsp3) is 0.143. The lowest BCUT2D eigenvalue weighted by Gasteiger charge is -2.49. The van der Waals surface area contributed by atoms with Crippen molar-refractivity contribution >= 4 is 69.5 Å². The molecule has 0 saturated carbocycles. The molecular weight excluding hydrogens is 951 g/mol. The maximum Gasteiger partial charge on any atom is 0.356 e. The Balaban J connectivity index is 1.00. The maximum atomic E-state index is 14.6. The first kappa shape index (κ1) is 48.3. The van der Waals surface area contributed by atoms with Crippen LogP contribution in [0.2, 0.25) is 0 Å². The Kier molecular flexibility index (Phi) is 15.5. The summed E-state index contributed by atoms with van der Waals surface area (Å²) in [6.45, 7) is 3.26. The molecule has 0 aliphatic carbocycles. The Morgan fingerprint density at radius 2 is 1.32 bits per heavy atom. The molecule has 71 heavy (non-hydrogen) atoms. The minimum absolute atomic E-state index is 0.0174. The standard InChI is InChI=1S/C56H47N5O7S3/c1-2-33-69-45-37-70-53-48(52(64)61(53)49(45)54(65)68-50(39-23-11-4-12-24-39)40-25-13-5-14-26-40)58-51(63)47(60-67-35-46(62)66-34-38-21-9-3-10-22-38)44-36-71-55(57-44)59-56(41-27-15-6-16-28-41,42-29-17-7-18-30-42)43-31-19-8-20-32-43/h2-32,36,48,50,53H,1,33-35,37H2,(H,57,59)(H,58,63)/b60-47-/t48-,53-/m1/s1. The first-order valence-electron chi connectivity index (χ1n) is 22.7. The highest BCUT2D eigenvalue weighted by atomic mass is 32.2. The number of β-lactam (4-membered cyclic amide) rings is 1. The van der Waals surface area contributed by atoms with Crippen molar-refractivity contribution in [1.29, 1.82) is 0 Å². The summed E-state index contributed by atoms with van der Waals surface area (Å²) in [7, 11) is 0. The molecule has 7 aromatic rings. The molecule has 2 aliphatic heterocycles. The van der Waals surface area contributed by atoms with Crippen molar-refractivity contribution in [3.8, 4) is 0 Å². The first-order valence-corrected chi connectivity index (χ1v) is 25.6. The van der Waals surface area contributed by atoms with Crippen molar-refractivity contribution in [2.75, 3.05) is 23.4 Å². The van der Waals surface area contributed by atoms with Gasteiger partial charge in [0.2, 0.25) is 6.61 Å². The number of ether oxygens (including phenoxy) is 2. The third-order valence-electron chi connectivity index (χ3n) is 11.7. The van der Waals surface area contributed by atoms with Crippen LogP contribution in [0.3, 0.4) is 0 Å². The van der Waals surface area contributed by atoms with Gasteiger partial charge >= 0.3 is 11.9 Å². The molecule has 0 radical (unpaired) electrons. The van der Waals surface area contributed by atoms with E-state index in [4.69, 9.17) is 19.3 Å². The summed E-state index contributed by atoms with van der Waals surface area (Å²) >= 11 is 4.05. The minimum atomic E-state index is -1.07. The smallest absolute Gasteiger partial charge is 0.356 e. The zero-order chi connectivity index (χ0) is 49.0. The second kappa shape index (κ2) is 22.8. The predicted octanol–water partition coefficient (Wildman–Crippen LogP) is 9.87. The third-order valence-corrected chi connectivity index (χ3v) is 15.0. The van der Waals surface area contributed by atoms with Crippen molar-refractivity contribution in [3.05, 3.63) is 250 Å². The Bertz CT molecular complexity index is 2900. The van der Waals surface area contributed by atoms with Gasteiger partial charge in [0.1, 0.15) is 35.0 Å². The number of thioether (sulfide) groups is 2. The van der Waals surface area contributed by atoms with E-state index in [0.717, 1.165) is 33.4 Å². The van der Waals surface area contributed by atoms with Crippen LogP contribution in [0, 0.1) is 0 Å². The van der Waals surface area contributed by atoms with Gasteiger partial charge in [-0.15, -0.1) is 41.4 Å². The van der Waals surface area contributed by atoms with Crippen LogP contribution in [0.5, 0.6) is 0 Å². The van der Waals surface area contributed by atoms with Gasteiger partial charge in [-0.3, -0.25) is 14.5 Å². The van der Waals surface area contributed by atoms with Crippen LogP contribution in [-0.2, 0) is 45.6 Å². The van der Waals surface area contributed by atoms with Crippen molar-refractivity contribution in [2.24, 2.45) is 5.16 Å². The van der Waals surface area contributed by atoms with Gasteiger partial charge in [-0.2, -0.15) is 0 Å². The molecule has 15 heteroatoms. The van der Waals surface area contributed by atoms with Crippen LogP contribution in [0.4, 0.5) is 5.13 Å². The number of benzene rings is 6. The van der Waals surface area contributed by atoms with E-state index in [-0.39, 0.29) is 23.7 Å². The number of hydrogen-bond acceptors (Lipinski definition) is 13. The number of aromatic nitrogens is 1. The summed E-state index contributed by atoms with van der Waals surface area (Å²) in [4.78, 5) is 68.8. The first-order chi connectivity index (χ1) is 34.8. The molecule has 0 unspecified atom stereocenters. The van der Waals surface area contributed by atoms with Crippen molar-refractivity contribution in [2.45, 2.75) is 29.7 Å². The Hall–Kier alpha value is -7.72. The van der Waals surface area contributed by atoms with Gasteiger partial charge in [0.25, 0.3) is 11.8 Å². The topological polar surface area (TPSA) is 149 Å². The number of thiazole rings is 1. The molecule has 1 saturated heterocycles. The summed E-state index contributed by atoms with van der Waals surface area (Å²) in [5.41, 5.74) is 4.15. The maximum absolute atomic E-state index is 14.6. The molecule has 0 spiro atoms. The second-order valence-electron chi connectivity index (χ2n) is 16.2. The number of amides is 2. The number of esters is 2. The highest BCUT2D eigenvalue weighted by molar-refractivity contribution is 8.06. The van der Waals surface area contributed by atoms with E-state index >= 15 is 0 Å². The highest BCUT2D eigenvalue weighted by Crippen LogP contribution is 2.45. The highest BCUT2D eigenvalue weighted by Gasteiger charge is 2.55. The number of nitrogens with one attached hydrogen (secondary N) is 2. The van der Waals surface area contributed by atoms with E-state index in [1.165, 1.54) is 39.8 Å². The van der Waals surface area contributed by atoms with Gasteiger partial charge in [-0.25, -0.2) is 14.6 Å². The Morgan fingerprint density at radius 3 is 1.87 bits per heavy atom. The van der Waals surface area contributed by atoms with Crippen LogP contribution in [0.1, 0.15) is 45.2 Å². The van der Waals surface area contributed by atoms with Gasteiger partial charge in [0.05, 0.1) is 0 Å². The molecule has 2 N–H and O–H groups in total. The molecule has 6 aromatic carbocycles. The van der Waals surface area contributed by atoms with Crippen LogP contribution < -0.4 is 10.6 Å². The molecule has 2 aliphatic rings. The quantitative estimate of drug-likeness (QED) is 0.0188. The summed E-state index contributed by atoms with van der Waals surface area (Å²) < 4.78 is 11.7. The molecule has 9 rings (SSSR count). The van der Waals surface area contributed by atoms with Gasteiger partial charge in [0.15, 0.2) is 16.9 Å². The van der Waals surface area contributed by atoms with E-state index in [1.807, 2.05) is 182 Å². The summed E-state index contributed by atoms with van der Waals surface area (Å²) in [6.07, 6.45) is 0.971. The minimum Gasteiger partial charge on any atom is -0.458 e. The predicted molar refractivity (Wildman–Crippen MR) is 279 cm³/mol. The van der Waals surface area contributed by atoms with Gasteiger partial charge in [0, 0.05) is 21.8 Å². The molecule has 1 fully saturated rings. The van der Waals surface area contributed by atoms with Crippen molar-refractivity contribution in [1.82, 2.24) is 15.2 Å². The molecule has 0 bridgehead atoms. The van der Waals surface area contributed by atoms with Crippen LogP contribution in [0.25, 0.3) is 0 Å². The lowest BCUT2D eigenvalue weighted by molar-refractivity contribution is -0.154. The fourth-order valence-corrected chi connectivity index (χ4v) is 11.4. The van der Waals surface area contributed by atoms with Crippen LogP contribution >= 0.6 is 34.9 Å².